The lowest BCUT2D eigenvalue weighted by atomic mass is 9.74. The SMILES string of the molecule is CCC(CC(C)(C)CCCC(CC(C)(C)CCCC(CC(C)(C)C)C(=O)NCCCCCCNC(=O)CCCCCN1C(=CC=C2C=C(C=CC3=[N+](C)c4ccc5ccccc5c4C3(C)C)CCC2)C(C)(C)c2c1ccc1ccccc21)C(=O)NCc1ccc(O)cc1)C(=O)NCCCC[C@H](NC(=O)N[C@@H](CCC(C)=O)C(=O)O)C(=O)O. The molecule has 3 aliphatic rings. The number of carboxylic acid groups (broad SMARTS) is 2. The predicted molar refractivity (Wildman–Crippen MR) is 473 cm³/mol. The molecular formula is C98H139N8O11+. The van der Waals surface area contributed by atoms with Gasteiger partial charge in [-0.05, 0) is 233 Å². The van der Waals surface area contributed by atoms with Gasteiger partial charge in [0.25, 0.3) is 0 Å². The van der Waals surface area contributed by atoms with Gasteiger partial charge in [-0.15, -0.1) is 0 Å². The number of carboxylic acids is 2. The van der Waals surface area contributed by atoms with Gasteiger partial charge in [-0.1, -0.05) is 186 Å². The van der Waals surface area contributed by atoms with E-state index in [2.05, 4.69) is 228 Å². The fraction of sp³-hybridized carbons (Fsp3) is 0.561. The van der Waals surface area contributed by atoms with E-state index < -0.39 is 30.1 Å². The minimum Gasteiger partial charge on any atom is -0.508 e. The third-order valence-electron chi connectivity index (χ3n) is 24.4. The molecule has 3 unspecified atom stereocenters. The minimum atomic E-state index is -1.35. The van der Waals surface area contributed by atoms with Gasteiger partial charge < -0.3 is 56.9 Å². The van der Waals surface area contributed by atoms with Crippen LogP contribution in [0.5, 0.6) is 5.75 Å². The number of urea groups is 1. The summed E-state index contributed by atoms with van der Waals surface area (Å²) in [5.74, 6) is -3.36. The van der Waals surface area contributed by atoms with Crippen LogP contribution in [0.15, 0.2) is 144 Å². The number of hydrogen-bond donors (Lipinski definition) is 9. The summed E-state index contributed by atoms with van der Waals surface area (Å²) in [6.07, 6.45) is 29.9. The highest BCUT2D eigenvalue weighted by atomic mass is 16.4. The molecule has 5 aromatic carbocycles. The van der Waals surface area contributed by atoms with E-state index in [-0.39, 0.29) is 99.3 Å². The number of aromatic hydroxyl groups is 1. The molecule has 0 spiro atoms. The van der Waals surface area contributed by atoms with E-state index in [0.717, 1.165) is 115 Å². The van der Waals surface area contributed by atoms with Crippen molar-refractivity contribution in [2.75, 3.05) is 38.1 Å². The van der Waals surface area contributed by atoms with Crippen LogP contribution in [0.1, 0.15) is 274 Å². The molecule has 6 amide bonds. The molecule has 2 heterocycles. The number of unbranched alkanes of at least 4 members (excludes halogenated alkanes) is 6. The number of benzene rings is 5. The smallest absolute Gasteiger partial charge is 0.326 e. The number of hydrogen-bond acceptors (Lipinski definition) is 10. The molecular weight excluding hydrogens is 1470 g/mol. The molecule has 19 nitrogen and oxygen atoms in total. The molecule has 2 aliphatic heterocycles. The Bertz CT molecular complexity index is 4420. The van der Waals surface area contributed by atoms with Gasteiger partial charge in [-0.2, -0.15) is 4.58 Å². The third-order valence-corrected chi connectivity index (χ3v) is 24.4. The van der Waals surface area contributed by atoms with E-state index in [9.17, 15) is 53.7 Å². The molecule has 9 N–H and O–H groups in total. The summed E-state index contributed by atoms with van der Waals surface area (Å²) in [5.41, 5.74) is 10.7. The fourth-order valence-electron chi connectivity index (χ4n) is 18.0. The summed E-state index contributed by atoms with van der Waals surface area (Å²) in [7, 11) is 2.21. The summed E-state index contributed by atoms with van der Waals surface area (Å²) in [4.78, 5) is 105. The zero-order chi connectivity index (χ0) is 85.3. The van der Waals surface area contributed by atoms with Crippen LogP contribution in [-0.2, 0) is 50.9 Å². The van der Waals surface area contributed by atoms with Gasteiger partial charge in [-0.3, -0.25) is 19.2 Å². The second-order valence-electron chi connectivity index (χ2n) is 37.4. The predicted octanol–water partition coefficient (Wildman–Crippen LogP) is 19.4. The van der Waals surface area contributed by atoms with Gasteiger partial charge in [-0.25, -0.2) is 14.4 Å². The molecule has 0 saturated carbocycles. The Morgan fingerprint density at radius 3 is 1.70 bits per heavy atom. The number of amides is 6. The number of nitrogens with zero attached hydrogens (tertiary/aromatic N) is 2. The summed E-state index contributed by atoms with van der Waals surface area (Å²) in [6.45, 7) is 30.8. The van der Waals surface area contributed by atoms with Gasteiger partial charge in [0.05, 0.1) is 5.41 Å². The van der Waals surface area contributed by atoms with Crippen LogP contribution in [0.4, 0.5) is 16.2 Å². The summed E-state index contributed by atoms with van der Waals surface area (Å²) < 4.78 is 2.38. The van der Waals surface area contributed by atoms with Crippen LogP contribution in [0.2, 0.25) is 0 Å². The molecule has 0 radical (unpaired) electrons. The first-order chi connectivity index (χ1) is 55.5. The van der Waals surface area contributed by atoms with Crippen LogP contribution in [0.25, 0.3) is 21.5 Å². The fourth-order valence-corrected chi connectivity index (χ4v) is 18.0. The number of ketones is 1. The highest BCUT2D eigenvalue weighted by Gasteiger charge is 2.45. The van der Waals surface area contributed by atoms with Crippen molar-refractivity contribution >= 4 is 86.0 Å². The number of Topliss-reactive ketones (excluding diaryl/α,β-unsaturated/α-hetero) is 1. The first-order valence-corrected chi connectivity index (χ1v) is 43.6. The Morgan fingerprint density at radius 1 is 0.547 bits per heavy atom. The van der Waals surface area contributed by atoms with Crippen molar-refractivity contribution in [1.29, 1.82) is 0 Å². The lowest BCUT2D eigenvalue weighted by molar-refractivity contribution is -0.401. The Labute approximate surface area is 697 Å². The van der Waals surface area contributed by atoms with Crippen LogP contribution in [-0.4, -0.2) is 118 Å². The van der Waals surface area contributed by atoms with Crippen LogP contribution in [0.3, 0.4) is 0 Å². The number of phenolic OH excluding ortho intramolecular Hbond substituents is 1. The van der Waals surface area contributed by atoms with Crippen LogP contribution < -0.4 is 36.8 Å². The van der Waals surface area contributed by atoms with E-state index in [1.165, 1.54) is 73.5 Å². The molecule has 5 atom stereocenters. The van der Waals surface area contributed by atoms with Gasteiger partial charge >= 0.3 is 18.0 Å². The largest absolute Gasteiger partial charge is 0.508 e. The average Bonchev–Trinajstić information content (AvgIpc) is 1.58. The molecule has 19 heteroatoms. The van der Waals surface area contributed by atoms with Crippen molar-refractivity contribution in [3.8, 4) is 5.75 Å². The maximum atomic E-state index is 14.3. The standard InChI is InChI=1S/C98H138N8O11/c1-15-71(88(110)100-60-27-24-40-79(91(113)114)103-93(117)104-80(92(115)116)51-42-67(2)107)64-95(6,7)56-31-37-75(90(112)102-66-70-43-49-76(108)50-44-70)65-96(8,9)57-30-36-74(63-94(3,4)5)89(111)101-59-26-17-16-25-58-99-85(109)41-19-18-28-61-106-82-53-48-73-35-21-23-39-78(73)87(82)98(12,13)84(106)55-46-69-33-29-32-68(62-69)45-54-83-97(10,11)86-77-38-22-20-34-72(77)47-52-81(86)105(83)14/h20-23,34-35,38-39,43-50,52-55,62,71,74-75,79-80H,15-19,24-33,36-37,40-42,51,56-61,63-66H2,1-14H3,(H8-,99,100,101,102,103,104,108,109,110,111,112,113,114,115,116,117)/p+1/t71?,74?,75?,79-,80-/m0/s1. The van der Waals surface area contributed by atoms with Crippen molar-refractivity contribution in [3.05, 3.63) is 161 Å². The topological polar surface area (TPSA) is 276 Å². The number of fused-ring (bicyclic) bond motifs is 6. The van der Waals surface area contributed by atoms with Crippen molar-refractivity contribution in [2.45, 2.75) is 286 Å². The average molecular weight is 1610 g/mol. The lowest BCUT2D eigenvalue weighted by Gasteiger charge is -2.32. The molecule has 0 saturated heterocycles. The van der Waals surface area contributed by atoms with Crippen LogP contribution in [0, 0.1) is 34.0 Å². The highest BCUT2D eigenvalue weighted by molar-refractivity contribution is 6.08. The zero-order valence-electron chi connectivity index (χ0n) is 72.9. The van der Waals surface area contributed by atoms with Crippen molar-refractivity contribution < 1.29 is 58.3 Å². The maximum Gasteiger partial charge on any atom is 0.326 e. The number of rotatable bonds is 47. The minimum absolute atomic E-state index is 0.0305. The Hall–Kier alpha value is -9.39. The Kier molecular flexibility index (Phi) is 34.5. The number of allylic oxidation sites excluding steroid dienone is 8. The monoisotopic (exact) mass is 1600 g/mol. The lowest BCUT2D eigenvalue weighted by Crippen LogP contribution is -2.51. The number of carbonyl (C=O) groups excluding carboxylic acids is 6. The van der Waals surface area contributed by atoms with E-state index in [1.54, 1.807) is 24.3 Å². The number of nitrogens with one attached hydrogen (secondary N) is 6. The molecule has 1 aliphatic carbocycles. The van der Waals surface area contributed by atoms with E-state index in [0.29, 0.717) is 71.1 Å². The molecule has 117 heavy (non-hydrogen) atoms. The third kappa shape index (κ3) is 27.9. The normalized spacial score (nSPS) is 16.6. The van der Waals surface area contributed by atoms with Crippen molar-refractivity contribution in [3.63, 3.8) is 0 Å². The summed E-state index contributed by atoms with van der Waals surface area (Å²) in [5, 5.41) is 51.5. The molecule has 5 aromatic rings. The molecule has 8 rings (SSSR count). The molecule has 0 aromatic heterocycles. The number of anilines is 1. The molecule has 0 fully saturated rings. The van der Waals surface area contributed by atoms with Crippen molar-refractivity contribution in [1.82, 2.24) is 31.9 Å². The maximum absolute atomic E-state index is 14.3. The Morgan fingerprint density at radius 2 is 1.09 bits per heavy atom. The van der Waals surface area contributed by atoms with Crippen LogP contribution >= 0.6 is 0 Å². The molecule has 0 bridgehead atoms. The highest BCUT2D eigenvalue weighted by Crippen LogP contribution is 2.52. The second-order valence-corrected chi connectivity index (χ2v) is 37.4. The number of carbonyl (C=O) groups is 8. The van der Waals surface area contributed by atoms with E-state index in [1.807, 2.05) is 6.92 Å². The summed E-state index contributed by atoms with van der Waals surface area (Å²) in [6, 6.07) is 29.8. The van der Waals surface area contributed by atoms with Crippen molar-refractivity contribution in [2.24, 2.45) is 34.0 Å². The van der Waals surface area contributed by atoms with Gasteiger partial charge in [0, 0.05) is 97.8 Å². The van der Waals surface area contributed by atoms with Gasteiger partial charge in [0.2, 0.25) is 29.3 Å². The van der Waals surface area contributed by atoms with Gasteiger partial charge in [0.15, 0.2) is 5.71 Å². The number of aliphatic carboxylic acids is 2. The second kappa shape index (κ2) is 43.4. The number of phenols is 1. The zero-order valence-corrected chi connectivity index (χ0v) is 72.9. The van der Waals surface area contributed by atoms with Gasteiger partial charge in [0.1, 0.15) is 30.7 Å². The molecule has 636 valence electrons. The van der Waals surface area contributed by atoms with E-state index >= 15 is 0 Å². The van der Waals surface area contributed by atoms with E-state index in [4.69, 9.17) is 0 Å². The quantitative estimate of drug-likeness (QED) is 0.0130. The Balaban J connectivity index is 0.746. The summed E-state index contributed by atoms with van der Waals surface area (Å²) >= 11 is 0. The first kappa shape index (κ1) is 93.1. The first-order valence-electron chi connectivity index (χ1n) is 43.6.